The van der Waals surface area contributed by atoms with E-state index in [2.05, 4.69) is 15.1 Å². The number of aryl methyl sites for hydroxylation is 3. The highest BCUT2D eigenvalue weighted by Crippen LogP contribution is 2.19. The van der Waals surface area contributed by atoms with Crippen molar-refractivity contribution in [2.24, 2.45) is 0 Å². The lowest BCUT2D eigenvalue weighted by atomic mass is 10.1. The molecule has 0 N–H and O–H groups in total. The molecule has 6 nitrogen and oxygen atoms in total. The summed E-state index contributed by atoms with van der Waals surface area (Å²) in [5.41, 5.74) is 4.63. The van der Waals surface area contributed by atoms with E-state index in [0.717, 1.165) is 54.3 Å². The van der Waals surface area contributed by atoms with Gasteiger partial charge in [0.1, 0.15) is 0 Å². The van der Waals surface area contributed by atoms with Crippen molar-refractivity contribution in [3.05, 3.63) is 34.4 Å². The van der Waals surface area contributed by atoms with E-state index in [1.54, 1.807) is 4.68 Å². The molecule has 3 rings (SSSR count). The number of amides is 1. The topological polar surface area (TPSA) is 63.9 Å². The average Bonchev–Trinajstić information content (AvgIpc) is 3.10. The zero-order valence-corrected chi connectivity index (χ0v) is 14.3. The van der Waals surface area contributed by atoms with E-state index in [1.165, 1.54) is 0 Å². The van der Waals surface area contributed by atoms with E-state index in [9.17, 15) is 4.79 Å². The van der Waals surface area contributed by atoms with Gasteiger partial charge < -0.3 is 4.90 Å². The maximum atomic E-state index is 12.4. The number of hydrogen-bond donors (Lipinski definition) is 0. The van der Waals surface area contributed by atoms with Gasteiger partial charge in [-0.15, -0.1) is 0 Å². The van der Waals surface area contributed by atoms with Gasteiger partial charge in [0.2, 0.25) is 5.91 Å². The van der Waals surface area contributed by atoms with Gasteiger partial charge in [-0.2, -0.15) is 5.10 Å². The molecule has 0 atom stereocenters. The number of likely N-dealkylation sites (tertiary alicyclic amines) is 1. The lowest BCUT2D eigenvalue weighted by Crippen LogP contribution is -2.29. The highest BCUT2D eigenvalue weighted by Gasteiger charge is 2.22. The molecule has 0 unspecified atom stereocenters. The van der Waals surface area contributed by atoms with Crippen molar-refractivity contribution in [3.8, 4) is 5.95 Å². The molecule has 122 valence electrons. The fraction of sp³-hybridized carbons (Fsp3) is 0.529. The summed E-state index contributed by atoms with van der Waals surface area (Å²) in [6.07, 6.45) is 2.63. The molecule has 2 aromatic heterocycles. The Morgan fingerprint density at radius 2 is 1.70 bits per heavy atom. The molecule has 3 heterocycles. The number of aromatic nitrogens is 4. The molecule has 6 heteroatoms. The van der Waals surface area contributed by atoms with Crippen molar-refractivity contribution in [2.45, 2.75) is 47.0 Å². The molecule has 0 saturated carbocycles. The number of hydrogen-bond acceptors (Lipinski definition) is 4. The lowest BCUT2D eigenvalue weighted by Gasteiger charge is -2.15. The lowest BCUT2D eigenvalue weighted by molar-refractivity contribution is -0.129. The predicted molar refractivity (Wildman–Crippen MR) is 87.6 cm³/mol. The Morgan fingerprint density at radius 1 is 1.09 bits per heavy atom. The van der Waals surface area contributed by atoms with E-state index >= 15 is 0 Å². The van der Waals surface area contributed by atoms with Crippen LogP contribution in [0.5, 0.6) is 0 Å². The zero-order chi connectivity index (χ0) is 16.6. The third-order valence-electron chi connectivity index (χ3n) is 4.39. The quantitative estimate of drug-likeness (QED) is 0.870. The van der Waals surface area contributed by atoms with E-state index in [1.807, 2.05) is 38.7 Å². The Labute approximate surface area is 136 Å². The molecule has 1 aliphatic rings. The molecule has 1 fully saturated rings. The highest BCUT2D eigenvalue weighted by atomic mass is 16.2. The van der Waals surface area contributed by atoms with Crippen LogP contribution < -0.4 is 0 Å². The molecule has 0 aliphatic carbocycles. The van der Waals surface area contributed by atoms with Crippen LogP contribution in [0.4, 0.5) is 0 Å². The Hall–Kier alpha value is -2.24. The summed E-state index contributed by atoms with van der Waals surface area (Å²) in [6, 6.07) is 1.94. The maximum Gasteiger partial charge on any atom is 0.251 e. The van der Waals surface area contributed by atoms with E-state index < -0.39 is 0 Å². The van der Waals surface area contributed by atoms with Crippen LogP contribution >= 0.6 is 0 Å². The SMILES string of the molecule is Cc1cc(C)nc(-n2nc(C)c(CC(=O)N3CCCC3)c2C)n1. The molecule has 23 heavy (non-hydrogen) atoms. The monoisotopic (exact) mass is 313 g/mol. The second-order valence-electron chi connectivity index (χ2n) is 6.28. The first-order chi connectivity index (χ1) is 11.0. The van der Waals surface area contributed by atoms with Crippen LogP contribution in [0.15, 0.2) is 6.07 Å². The first-order valence-corrected chi connectivity index (χ1v) is 8.11. The molecule has 0 bridgehead atoms. The van der Waals surface area contributed by atoms with Crippen molar-refractivity contribution in [1.29, 1.82) is 0 Å². The van der Waals surface area contributed by atoms with Crippen molar-refractivity contribution in [1.82, 2.24) is 24.6 Å². The summed E-state index contributed by atoms with van der Waals surface area (Å²) in [5, 5.41) is 4.56. The number of nitrogens with zero attached hydrogens (tertiary/aromatic N) is 5. The molecule has 0 aromatic carbocycles. The van der Waals surface area contributed by atoms with Gasteiger partial charge in [-0.1, -0.05) is 0 Å². The van der Waals surface area contributed by atoms with Crippen LogP contribution in [0.25, 0.3) is 5.95 Å². The highest BCUT2D eigenvalue weighted by molar-refractivity contribution is 5.79. The minimum Gasteiger partial charge on any atom is -0.342 e. The summed E-state index contributed by atoms with van der Waals surface area (Å²) in [7, 11) is 0. The first kappa shape index (κ1) is 15.6. The average molecular weight is 313 g/mol. The van der Waals surface area contributed by atoms with Crippen molar-refractivity contribution in [3.63, 3.8) is 0 Å². The van der Waals surface area contributed by atoms with E-state index in [4.69, 9.17) is 0 Å². The molecular weight excluding hydrogens is 290 g/mol. The molecular formula is C17H23N5O. The van der Waals surface area contributed by atoms with Crippen molar-refractivity contribution in [2.75, 3.05) is 13.1 Å². The Morgan fingerprint density at radius 3 is 2.30 bits per heavy atom. The van der Waals surface area contributed by atoms with Crippen LogP contribution in [0, 0.1) is 27.7 Å². The molecule has 1 amide bonds. The third-order valence-corrected chi connectivity index (χ3v) is 4.39. The smallest absolute Gasteiger partial charge is 0.251 e. The molecule has 1 aliphatic heterocycles. The minimum absolute atomic E-state index is 0.189. The maximum absolute atomic E-state index is 12.4. The van der Waals surface area contributed by atoms with Crippen LogP contribution in [-0.2, 0) is 11.2 Å². The van der Waals surface area contributed by atoms with Gasteiger partial charge in [0.15, 0.2) is 0 Å². The summed E-state index contributed by atoms with van der Waals surface area (Å²) in [4.78, 5) is 23.3. The molecule has 0 radical (unpaired) electrons. The molecule has 1 saturated heterocycles. The second-order valence-corrected chi connectivity index (χ2v) is 6.28. The summed E-state index contributed by atoms with van der Waals surface area (Å²) < 4.78 is 1.75. The standard InChI is InChI=1S/C17H23N5O/c1-11-9-12(2)19-17(18-11)22-14(4)15(13(3)20-22)10-16(23)21-7-5-6-8-21/h9H,5-8,10H2,1-4H3. The Balaban J connectivity index is 1.91. The first-order valence-electron chi connectivity index (χ1n) is 8.11. The number of carbonyl (C=O) groups excluding carboxylic acids is 1. The Kier molecular flexibility index (Phi) is 4.15. The van der Waals surface area contributed by atoms with Gasteiger partial charge >= 0.3 is 0 Å². The van der Waals surface area contributed by atoms with Gasteiger partial charge in [-0.3, -0.25) is 4.79 Å². The van der Waals surface area contributed by atoms with Crippen molar-refractivity contribution < 1.29 is 4.79 Å². The van der Waals surface area contributed by atoms with Gasteiger partial charge in [0, 0.05) is 35.7 Å². The molecule has 2 aromatic rings. The summed E-state index contributed by atoms with van der Waals surface area (Å²) in [6.45, 7) is 9.58. The van der Waals surface area contributed by atoms with Gasteiger partial charge in [-0.25, -0.2) is 14.6 Å². The number of rotatable bonds is 3. The zero-order valence-electron chi connectivity index (χ0n) is 14.3. The fourth-order valence-corrected chi connectivity index (χ4v) is 3.16. The van der Waals surface area contributed by atoms with E-state index in [-0.39, 0.29) is 5.91 Å². The van der Waals surface area contributed by atoms with Crippen LogP contribution in [0.3, 0.4) is 0 Å². The second kappa shape index (κ2) is 6.10. The van der Waals surface area contributed by atoms with Crippen molar-refractivity contribution >= 4 is 5.91 Å². The summed E-state index contributed by atoms with van der Waals surface area (Å²) >= 11 is 0. The predicted octanol–water partition coefficient (Wildman–Crippen LogP) is 2.06. The van der Waals surface area contributed by atoms with Crippen LogP contribution in [0.2, 0.25) is 0 Å². The van der Waals surface area contributed by atoms with Gasteiger partial charge in [0.25, 0.3) is 5.95 Å². The third kappa shape index (κ3) is 3.11. The largest absolute Gasteiger partial charge is 0.342 e. The Bertz CT molecular complexity index is 723. The normalized spacial score (nSPS) is 14.5. The summed E-state index contributed by atoms with van der Waals surface area (Å²) in [5.74, 6) is 0.762. The molecule has 0 spiro atoms. The number of carbonyl (C=O) groups is 1. The van der Waals surface area contributed by atoms with Gasteiger partial charge in [-0.05, 0) is 46.6 Å². The minimum atomic E-state index is 0.189. The van der Waals surface area contributed by atoms with Crippen LogP contribution in [-0.4, -0.2) is 43.6 Å². The van der Waals surface area contributed by atoms with Gasteiger partial charge in [0.05, 0.1) is 12.1 Å². The van der Waals surface area contributed by atoms with Crippen LogP contribution in [0.1, 0.15) is 41.2 Å². The van der Waals surface area contributed by atoms with E-state index in [0.29, 0.717) is 12.4 Å². The fourth-order valence-electron chi connectivity index (χ4n) is 3.16.